The summed E-state index contributed by atoms with van der Waals surface area (Å²) in [5.41, 5.74) is 1.66. The van der Waals surface area contributed by atoms with Gasteiger partial charge in [-0.05, 0) is 34.9 Å². The van der Waals surface area contributed by atoms with Crippen molar-refractivity contribution < 1.29 is 9.50 Å². The minimum atomic E-state index is -0.344. The highest BCUT2D eigenvalue weighted by molar-refractivity contribution is 5.17. The molecule has 1 saturated heterocycles. The van der Waals surface area contributed by atoms with E-state index in [9.17, 15) is 9.50 Å². The average Bonchev–Trinajstić information content (AvgIpc) is 3.30. The molecule has 3 aromatic rings. The molecule has 8 heteroatoms. The minimum Gasteiger partial charge on any atom is -0.395 e. The van der Waals surface area contributed by atoms with E-state index in [1.165, 1.54) is 6.20 Å². The molecule has 0 amide bonds. The summed E-state index contributed by atoms with van der Waals surface area (Å²) in [6.07, 6.45) is 4.42. The van der Waals surface area contributed by atoms with Crippen molar-refractivity contribution in [2.24, 2.45) is 0 Å². The lowest BCUT2D eigenvalue weighted by atomic mass is 10.1. The van der Waals surface area contributed by atoms with Crippen LogP contribution in [-0.4, -0.2) is 47.8 Å². The molecule has 1 fully saturated rings. The maximum absolute atomic E-state index is 14.1. The van der Waals surface area contributed by atoms with Crippen molar-refractivity contribution in [3.05, 3.63) is 71.6 Å². The van der Waals surface area contributed by atoms with Gasteiger partial charge in [-0.1, -0.05) is 30.3 Å². The third-order valence-corrected chi connectivity index (χ3v) is 5.10. The number of aromatic nitrogens is 5. The van der Waals surface area contributed by atoms with Gasteiger partial charge in [-0.3, -0.25) is 9.88 Å². The number of tetrazole rings is 1. The van der Waals surface area contributed by atoms with Crippen LogP contribution in [0.3, 0.4) is 0 Å². The molecule has 27 heavy (non-hydrogen) atoms. The molecule has 4 rings (SSSR count). The number of hydrogen-bond acceptors (Lipinski definition) is 6. The van der Waals surface area contributed by atoms with Gasteiger partial charge in [0.1, 0.15) is 5.82 Å². The topological polar surface area (TPSA) is 80.0 Å². The fourth-order valence-corrected chi connectivity index (χ4v) is 3.70. The molecule has 1 aliphatic rings. The van der Waals surface area contributed by atoms with E-state index in [2.05, 4.69) is 25.4 Å². The second kappa shape index (κ2) is 7.89. The van der Waals surface area contributed by atoms with Crippen LogP contribution in [0.5, 0.6) is 0 Å². The van der Waals surface area contributed by atoms with Crippen molar-refractivity contribution in [1.29, 1.82) is 0 Å². The summed E-state index contributed by atoms with van der Waals surface area (Å²) in [5, 5.41) is 22.1. The van der Waals surface area contributed by atoms with E-state index in [0.717, 1.165) is 24.2 Å². The summed E-state index contributed by atoms with van der Waals surface area (Å²) in [5.74, 6) is 0.396. The fraction of sp³-hybridized carbons (Fsp3) is 0.368. The zero-order valence-corrected chi connectivity index (χ0v) is 14.8. The van der Waals surface area contributed by atoms with E-state index in [1.807, 2.05) is 30.3 Å². The van der Waals surface area contributed by atoms with E-state index >= 15 is 0 Å². The Morgan fingerprint density at radius 1 is 1.11 bits per heavy atom. The summed E-state index contributed by atoms with van der Waals surface area (Å²) in [6, 6.07) is 11.5. The number of rotatable bonds is 6. The summed E-state index contributed by atoms with van der Waals surface area (Å²) < 4.78 is 15.9. The van der Waals surface area contributed by atoms with Crippen molar-refractivity contribution in [1.82, 2.24) is 30.1 Å². The number of aliphatic hydroxyl groups excluding tert-OH is 1. The van der Waals surface area contributed by atoms with Gasteiger partial charge in [-0.25, -0.2) is 9.07 Å². The number of likely N-dealkylation sites (tertiary alicyclic amines) is 1. The first kappa shape index (κ1) is 17.7. The predicted molar refractivity (Wildman–Crippen MR) is 95.9 cm³/mol. The van der Waals surface area contributed by atoms with Crippen molar-refractivity contribution >= 4 is 0 Å². The Kier molecular flexibility index (Phi) is 5.17. The summed E-state index contributed by atoms with van der Waals surface area (Å²) in [6.45, 7) is 0.965. The van der Waals surface area contributed by atoms with Crippen LogP contribution in [0.1, 0.15) is 35.8 Å². The first-order chi connectivity index (χ1) is 13.3. The van der Waals surface area contributed by atoms with Crippen LogP contribution in [0.15, 0.2) is 48.8 Å². The zero-order chi connectivity index (χ0) is 18.6. The van der Waals surface area contributed by atoms with Gasteiger partial charge >= 0.3 is 0 Å². The first-order valence-electron chi connectivity index (χ1n) is 9.01. The molecule has 0 aliphatic carbocycles. The number of nitrogens with zero attached hydrogens (tertiary/aromatic N) is 6. The van der Waals surface area contributed by atoms with Gasteiger partial charge in [0.05, 0.1) is 25.4 Å². The average molecular weight is 368 g/mol. The molecular weight excluding hydrogens is 347 g/mol. The molecule has 3 heterocycles. The van der Waals surface area contributed by atoms with E-state index in [-0.39, 0.29) is 24.5 Å². The lowest BCUT2D eigenvalue weighted by Crippen LogP contribution is -2.35. The molecule has 2 aromatic heterocycles. The Bertz CT molecular complexity index is 887. The molecule has 0 bridgehead atoms. The van der Waals surface area contributed by atoms with Gasteiger partial charge in [0.15, 0.2) is 5.82 Å². The van der Waals surface area contributed by atoms with Gasteiger partial charge in [-0.15, -0.1) is 5.10 Å². The second-order valence-corrected chi connectivity index (χ2v) is 6.75. The molecule has 1 aromatic carbocycles. The van der Waals surface area contributed by atoms with Crippen molar-refractivity contribution in [2.75, 3.05) is 6.61 Å². The maximum Gasteiger partial charge on any atom is 0.168 e. The van der Waals surface area contributed by atoms with Crippen LogP contribution in [0.2, 0.25) is 0 Å². The highest BCUT2D eigenvalue weighted by Crippen LogP contribution is 2.36. The highest BCUT2D eigenvalue weighted by atomic mass is 19.1. The number of pyridine rings is 1. The molecule has 0 unspecified atom stereocenters. The van der Waals surface area contributed by atoms with Crippen molar-refractivity contribution in [3.63, 3.8) is 0 Å². The van der Waals surface area contributed by atoms with Crippen LogP contribution >= 0.6 is 0 Å². The van der Waals surface area contributed by atoms with Crippen molar-refractivity contribution in [3.8, 4) is 0 Å². The van der Waals surface area contributed by atoms with Gasteiger partial charge in [-0.2, -0.15) is 0 Å². The molecular formula is C19H21FN6O. The normalized spacial score (nSPS) is 20.2. The van der Waals surface area contributed by atoms with E-state index < -0.39 is 0 Å². The second-order valence-electron chi connectivity index (χ2n) is 6.75. The minimum absolute atomic E-state index is 0.0173. The third-order valence-electron chi connectivity index (χ3n) is 5.10. The zero-order valence-electron chi connectivity index (χ0n) is 14.8. The van der Waals surface area contributed by atoms with Crippen LogP contribution in [0, 0.1) is 5.82 Å². The Hall–Kier alpha value is -2.71. The van der Waals surface area contributed by atoms with E-state index in [0.29, 0.717) is 18.7 Å². The molecule has 1 N–H and O–H groups in total. The van der Waals surface area contributed by atoms with Gasteiger partial charge in [0.25, 0.3) is 0 Å². The van der Waals surface area contributed by atoms with E-state index in [1.54, 1.807) is 16.9 Å². The predicted octanol–water partition coefficient (Wildman–Crippen LogP) is 1.95. The molecule has 7 nitrogen and oxygen atoms in total. The monoisotopic (exact) mass is 368 g/mol. The lowest BCUT2D eigenvalue weighted by molar-refractivity contribution is 0.116. The quantitative estimate of drug-likeness (QED) is 0.716. The number of hydrogen-bond donors (Lipinski definition) is 1. The number of halogens is 1. The van der Waals surface area contributed by atoms with Crippen LogP contribution in [0.25, 0.3) is 0 Å². The molecule has 0 saturated carbocycles. The molecule has 2 atom stereocenters. The SMILES string of the molecule is OC[C@@H]1CC[C@@H](c2nnnn2Cc2ccccc2)N1Cc1ccncc1F. The third kappa shape index (κ3) is 3.72. The maximum atomic E-state index is 14.1. The fourth-order valence-electron chi connectivity index (χ4n) is 3.70. The molecule has 0 spiro atoms. The number of aliphatic hydroxyl groups is 1. The Balaban J connectivity index is 1.60. The summed E-state index contributed by atoms with van der Waals surface area (Å²) >= 11 is 0. The van der Waals surface area contributed by atoms with Gasteiger partial charge < -0.3 is 5.11 Å². The summed E-state index contributed by atoms with van der Waals surface area (Å²) in [7, 11) is 0. The van der Waals surface area contributed by atoms with Gasteiger partial charge in [0.2, 0.25) is 0 Å². The standard InChI is InChI=1S/C19H21FN6O/c20-17-10-21-9-8-15(17)12-25-16(13-27)6-7-18(25)19-22-23-24-26(19)11-14-4-2-1-3-5-14/h1-5,8-10,16,18,27H,6-7,11-13H2/t16-,18-/m0/s1. The smallest absolute Gasteiger partial charge is 0.168 e. The lowest BCUT2D eigenvalue weighted by Gasteiger charge is -2.28. The largest absolute Gasteiger partial charge is 0.395 e. The molecule has 0 radical (unpaired) electrons. The van der Waals surface area contributed by atoms with Crippen LogP contribution < -0.4 is 0 Å². The summed E-state index contributed by atoms with van der Waals surface area (Å²) in [4.78, 5) is 5.90. The van der Waals surface area contributed by atoms with Crippen LogP contribution in [0.4, 0.5) is 4.39 Å². The Morgan fingerprint density at radius 2 is 1.96 bits per heavy atom. The van der Waals surface area contributed by atoms with Crippen LogP contribution in [-0.2, 0) is 13.1 Å². The number of benzene rings is 1. The first-order valence-corrected chi connectivity index (χ1v) is 9.01. The molecule has 140 valence electrons. The Labute approximate surface area is 156 Å². The Morgan fingerprint density at radius 3 is 2.74 bits per heavy atom. The van der Waals surface area contributed by atoms with E-state index in [4.69, 9.17) is 0 Å². The highest BCUT2D eigenvalue weighted by Gasteiger charge is 2.37. The molecule has 1 aliphatic heterocycles. The van der Waals surface area contributed by atoms with Gasteiger partial charge in [0, 0.05) is 24.3 Å². The van der Waals surface area contributed by atoms with Crippen molar-refractivity contribution in [2.45, 2.75) is 38.0 Å².